The Morgan fingerprint density at radius 3 is 2.44 bits per heavy atom. The molecule has 2 aromatic carbocycles. The third-order valence-corrected chi connectivity index (χ3v) is 8.41. The Kier molecular flexibility index (Phi) is 8.22. The highest BCUT2D eigenvalue weighted by Gasteiger charge is 2.29. The lowest BCUT2D eigenvalue weighted by atomic mass is 10.0. The number of nitrogens with two attached hydrogens (primary N) is 1. The van der Waals surface area contributed by atoms with E-state index < -0.39 is 0 Å². The van der Waals surface area contributed by atoms with E-state index in [1.54, 1.807) is 28.0 Å². The minimum Gasteiger partial charge on any atom is -0.383 e. The molecule has 0 radical (unpaired) electrons. The van der Waals surface area contributed by atoms with Gasteiger partial charge in [-0.05, 0) is 48.4 Å². The molecule has 0 saturated carbocycles. The number of hydrogen-bond acceptors (Lipinski definition) is 7. The first-order valence-corrected chi connectivity index (χ1v) is 14.8. The van der Waals surface area contributed by atoms with Gasteiger partial charge in [-0.25, -0.2) is 4.98 Å². The molecular formula is C33H38N8O2. The van der Waals surface area contributed by atoms with E-state index >= 15 is 0 Å². The summed E-state index contributed by atoms with van der Waals surface area (Å²) in [6.45, 7) is 6.36. The second-order valence-electron chi connectivity index (χ2n) is 11.6. The van der Waals surface area contributed by atoms with E-state index in [0.717, 1.165) is 55.0 Å². The number of carbonyl (C=O) groups excluding carboxylic acids is 2. The van der Waals surface area contributed by atoms with Gasteiger partial charge < -0.3 is 20.9 Å². The molecular weight excluding hydrogens is 540 g/mol. The summed E-state index contributed by atoms with van der Waals surface area (Å²) in [5, 5.41) is 7.24. The van der Waals surface area contributed by atoms with Crippen molar-refractivity contribution >= 4 is 17.6 Å². The molecule has 0 aliphatic carbocycles. The van der Waals surface area contributed by atoms with Gasteiger partial charge in [0, 0.05) is 88.0 Å². The smallest absolute Gasteiger partial charge is 0.255 e. The van der Waals surface area contributed by atoms with Crippen LogP contribution in [0.25, 0.3) is 22.3 Å². The van der Waals surface area contributed by atoms with Crippen molar-refractivity contribution in [1.82, 2.24) is 34.8 Å². The number of likely N-dealkylation sites (N-methyl/N-ethyl adjacent to an activating group) is 1. The van der Waals surface area contributed by atoms with Gasteiger partial charge in [0.05, 0.1) is 11.8 Å². The first-order chi connectivity index (χ1) is 20.8. The lowest BCUT2D eigenvalue weighted by Gasteiger charge is -2.32. The lowest BCUT2D eigenvalue weighted by Crippen LogP contribution is -2.43. The average Bonchev–Trinajstić information content (AvgIpc) is 3.67. The number of amides is 2. The summed E-state index contributed by atoms with van der Waals surface area (Å²) in [4.78, 5) is 37.5. The number of anilines is 1. The number of benzene rings is 2. The highest BCUT2D eigenvalue weighted by Crippen LogP contribution is 2.25. The molecule has 3 N–H and O–H groups in total. The van der Waals surface area contributed by atoms with Crippen molar-refractivity contribution in [3.63, 3.8) is 0 Å². The molecule has 6 rings (SSSR count). The van der Waals surface area contributed by atoms with E-state index in [4.69, 9.17) is 5.73 Å². The summed E-state index contributed by atoms with van der Waals surface area (Å²) in [6, 6.07) is 18.0. The number of pyridine rings is 1. The molecule has 2 fully saturated rings. The van der Waals surface area contributed by atoms with E-state index in [0.29, 0.717) is 30.6 Å². The molecule has 2 aromatic heterocycles. The molecule has 4 heterocycles. The quantitative estimate of drug-likeness (QED) is 0.347. The predicted molar refractivity (Wildman–Crippen MR) is 167 cm³/mol. The minimum atomic E-state index is -0.298. The fourth-order valence-corrected chi connectivity index (χ4v) is 5.79. The molecule has 4 aromatic rings. The van der Waals surface area contributed by atoms with Crippen LogP contribution in [0.3, 0.4) is 0 Å². The normalized spacial score (nSPS) is 17.7. The van der Waals surface area contributed by atoms with Crippen LogP contribution in [0.15, 0.2) is 73.2 Å². The van der Waals surface area contributed by atoms with Crippen molar-refractivity contribution in [2.45, 2.75) is 19.0 Å². The van der Waals surface area contributed by atoms with Gasteiger partial charge in [-0.1, -0.05) is 36.4 Å². The number of hydrogen-bond donors (Lipinski definition) is 2. The van der Waals surface area contributed by atoms with Crippen LogP contribution in [0.5, 0.6) is 0 Å². The van der Waals surface area contributed by atoms with E-state index in [1.165, 1.54) is 5.56 Å². The van der Waals surface area contributed by atoms with Gasteiger partial charge in [-0.15, -0.1) is 0 Å². The number of nitrogens with zero attached hydrogens (tertiary/aromatic N) is 6. The third-order valence-electron chi connectivity index (χ3n) is 8.41. The van der Waals surface area contributed by atoms with Gasteiger partial charge in [0.15, 0.2) is 0 Å². The maximum atomic E-state index is 13.5. The van der Waals surface area contributed by atoms with Crippen LogP contribution in [0.2, 0.25) is 0 Å². The number of nitrogen functional groups attached to an aromatic ring is 1. The Bertz CT molecular complexity index is 1610. The first-order valence-electron chi connectivity index (χ1n) is 14.8. The molecule has 2 amide bonds. The highest BCUT2D eigenvalue weighted by molar-refractivity contribution is 6.00. The van der Waals surface area contributed by atoms with Gasteiger partial charge in [-0.2, -0.15) is 5.10 Å². The van der Waals surface area contributed by atoms with Crippen molar-refractivity contribution in [3.05, 3.63) is 89.9 Å². The molecule has 2 saturated heterocycles. The highest BCUT2D eigenvalue weighted by atomic mass is 16.2. The van der Waals surface area contributed by atoms with Gasteiger partial charge in [0.1, 0.15) is 5.82 Å². The molecule has 43 heavy (non-hydrogen) atoms. The van der Waals surface area contributed by atoms with Gasteiger partial charge in [0.25, 0.3) is 11.8 Å². The third kappa shape index (κ3) is 6.60. The second-order valence-corrected chi connectivity index (χ2v) is 11.6. The molecule has 10 nitrogen and oxygen atoms in total. The van der Waals surface area contributed by atoms with Crippen LogP contribution in [0, 0.1) is 0 Å². The Morgan fingerprint density at radius 2 is 1.70 bits per heavy atom. The van der Waals surface area contributed by atoms with E-state index in [9.17, 15) is 9.59 Å². The fourth-order valence-electron chi connectivity index (χ4n) is 5.79. The number of carbonyl (C=O) groups is 2. The summed E-state index contributed by atoms with van der Waals surface area (Å²) in [7, 11) is 4.00. The number of aromatic nitrogens is 3. The van der Waals surface area contributed by atoms with Crippen molar-refractivity contribution < 1.29 is 9.59 Å². The Balaban J connectivity index is 1.07. The monoisotopic (exact) mass is 578 g/mol. The first kappa shape index (κ1) is 28.6. The molecule has 1 atom stereocenters. The molecule has 0 unspecified atom stereocenters. The van der Waals surface area contributed by atoms with Crippen LogP contribution in [-0.2, 0) is 13.6 Å². The van der Waals surface area contributed by atoms with Crippen molar-refractivity contribution in [2.75, 3.05) is 52.0 Å². The zero-order valence-corrected chi connectivity index (χ0v) is 24.7. The zero-order chi connectivity index (χ0) is 29.9. The van der Waals surface area contributed by atoms with Crippen LogP contribution in [0.1, 0.15) is 32.7 Å². The number of piperazine rings is 1. The molecule has 2 aliphatic rings. The largest absolute Gasteiger partial charge is 0.383 e. The number of nitrogens with one attached hydrogen (secondary N) is 1. The maximum Gasteiger partial charge on any atom is 0.255 e. The fraction of sp³-hybridized carbons (Fsp3) is 0.333. The van der Waals surface area contributed by atoms with Crippen LogP contribution in [-0.4, -0.2) is 93.6 Å². The molecule has 222 valence electrons. The topological polar surface area (TPSA) is 113 Å². The van der Waals surface area contributed by atoms with E-state index in [2.05, 4.69) is 56.5 Å². The molecule has 0 spiro atoms. The van der Waals surface area contributed by atoms with Crippen LogP contribution < -0.4 is 11.1 Å². The number of aryl methyl sites for hydroxylation is 1. The van der Waals surface area contributed by atoms with Crippen molar-refractivity contribution in [3.8, 4) is 22.3 Å². The van der Waals surface area contributed by atoms with Crippen molar-refractivity contribution in [1.29, 1.82) is 0 Å². The van der Waals surface area contributed by atoms with Gasteiger partial charge >= 0.3 is 0 Å². The minimum absolute atomic E-state index is 0.0370. The number of rotatable bonds is 7. The van der Waals surface area contributed by atoms with Crippen molar-refractivity contribution in [2.24, 2.45) is 7.05 Å². The molecule has 0 bridgehead atoms. The maximum absolute atomic E-state index is 13.5. The Morgan fingerprint density at radius 1 is 0.907 bits per heavy atom. The van der Waals surface area contributed by atoms with E-state index in [1.807, 2.05) is 37.5 Å². The summed E-state index contributed by atoms with van der Waals surface area (Å²) >= 11 is 0. The summed E-state index contributed by atoms with van der Waals surface area (Å²) < 4.78 is 1.69. The summed E-state index contributed by atoms with van der Waals surface area (Å²) in [5.41, 5.74) is 12.0. The van der Waals surface area contributed by atoms with Gasteiger partial charge in [-0.3, -0.25) is 19.2 Å². The SMILES string of the molecule is CN1CCN(Cc2ccc(-c3cccc(C(=O)N4CC[C@@H](NC(=O)c5cc(-c6cnn(C)c6)cnc5N)C4)c3)cc2)CC1. The molecule has 2 aliphatic heterocycles. The lowest BCUT2D eigenvalue weighted by molar-refractivity contribution is 0.0783. The number of likely N-dealkylation sites (tertiary alicyclic amines) is 1. The summed E-state index contributed by atoms with van der Waals surface area (Å²) in [5.74, 6) is -0.168. The average molecular weight is 579 g/mol. The van der Waals surface area contributed by atoms with Gasteiger partial charge in [0.2, 0.25) is 0 Å². The predicted octanol–water partition coefficient (Wildman–Crippen LogP) is 3.12. The van der Waals surface area contributed by atoms with Crippen LogP contribution in [0.4, 0.5) is 5.82 Å². The standard InChI is InChI=1S/C33H38N8O2/c1-38-12-14-40(15-13-38)20-23-6-8-24(9-7-23)25-4-3-5-26(16-25)33(43)41-11-10-29(22-41)37-32(42)30-17-27(18-35-31(30)34)28-19-36-39(2)21-28/h3-9,16-19,21,29H,10-15,20,22H2,1-2H3,(H2,34,35)(H,37,42)/t29-/m1/s1. The Labute approximate surface area is 252 Å². The van der Waals surface area contributed by atoms with E-state index in [-0.39, 0.29) is 23.7 Å². The summed E-state index contributed by atoms with van der Waals surface area (Å²) in [6.07, 6.45) is 5.88. The zero-order valence-electron chi connectivity index (χ0n) is 24.7. The molecule has 10 heteroatoms. The second kappa shape index (κ2) is 12.4. The van der Waals surface area contributed by atoms with Crippen LogP contribution >= 0.6 is 0 Å². The Hall–Kier alpha value is -4.54.